The molecule has 0 spiro atoms. The molecule has 1 unspecified atom stereocenters. The summed E-state index contributed by atoms with van der Waals surface area (Å²) in [6, 6.07) is 0.137. The zero-order valence-electron chi connectivity index (χ0n) is 10.0. The Kier molecular flexibility index (Phi) is 4.10. The third-order valence-electron chi connectivity index (χ3n) is 3.44. The lowest BCUT2D eigenvalue weighted by molar-refractivity contribution is -0.133. The molecule has 1 fully saturated rings. The summed E-state index contributed by atoms with van der Waals surface area (Å²) in [6.45, 7) is 4.97. The van der Waals surface area contributed by atoms with Crippen LogP contribution in [0.3, 0.4) is 0 Å². The number of rotatable bonds is 4. The molecule has 1 amide bonds. The van der Waals surface area contributed by atoms with Crippen LogP contribution in [-0.4, -0.2) is 23.0 Å². The monoisotopic (exact) mass is 225 g/mol. The van der Waals surface area contributed by atoms with E-state index in [0.29, 0.717) is 11.5 Å². The fourth-order valence-electron chi connectivity index (χ4n) is 1.70. The summed E-state index contributed by atoms with van der Waals surface area (Å²) < 4.78 is 0. The first-order valence-electron chi connectivity index (χ1n) is 5.65. The first-order chi connectivity index (χ1) is 7.43. The van der Waals surface area contributed by atoms with Gasteiger partial charge in [-0.3, -0.25) is 4.79 Å². The van der Waals surface area contributed by atoms with Gasteiger partial charge in [-0.05, 0) is 39.5 Å². The van der Waals surface area contributed by atoms with E-state index in [0.717, 1.165) is 12.8 Å². The summed E-state index contributed by atoms with van der Waals surface area (Å²) in [6.07, 6.45) is 3.54. The molecule has 0 radical (unpaired) electrons. The summed E-state index contributed by atoms with van der Waals surface area (Å²) in [5.74, 6) is -0.745. The highest BCUT2D eigenvalue weighted by Crippen LogP contribution is 2.29. The molecule has 0 aromatic heterocycles. The van der Waals surface area contributed by atoms with Crippen molar-refractivity contribution in [3.8, 4) is 0 Å². The Morgan fingerprint density at radius 2 is 1.81 bits per heavy atom. The molecule has 1 aliphatic rings. The highest BCUT2D eigenvalue weighted by Gasteiger charge is 2.25. The lowest BCUT2D eigenvalue weighted by Gasteiger charge is -2.32. The average molecular weight is 225 g/mol. The number of hydrogen-bond acceptors (Lipinski definition) is 2. The van der Waals surface area contributed by atoms with Crippen LogP contribution in [0.15, 0.2) is 11.1 Å². The molecule has 2 N–H and O–H groups in total. The maximum absolute atomic E-state index is 11.7. The number of aliphatic carboxylic acids is 1. The molecule has 0 aromatic carbocycles. The zero-order valence-corrected chi connectivity index (χ0v) is 10.0. The van der Waals surface area contributed by atoms with Gasteiger partial charge < -0.3 is 10.4 Å². The molecule has 1 saturated carbocycles. The van der Waals surface area contributed by atoms with Gasteiger partial charge in [0.2, 0.25) is 5.91 Å². The van der Waals surface area contributed by atoms with Gasteiger partial charge in [-0.2, -0.15) is 0 Å². The second-order valence-corrected chi connectivity index (χ2v) is 4.51. The summed E-state index contributed by atoms with van der Waals surface area (Å²) in [4.78, 5) is 22.4. The molecule has 1 atom stereocenters. The van der Waals surface area contributed by atoms with Crippen LogP contribution in [0.1, 0.15) is 40.0 Å². The van der Waals surface area contributed by atoms with Crippen molar-refractivity contribution in [1.29, 1.82) is 0 Å². The van der Waals surface area contributed by atoms with Crippen LogP contribution >= 0.6 is 0 Å². The maximum atomic E-state index is 11.7. The molecule has 90 valence electrons. The van der Waals surface area contributed by atoms with Gasteiger partial charge in [0.25, 0.3) is 0 Å². The molecule has 16 heavy (non-hydrogen) atoms. The van der Waals surface area contributed by atoms with E-state index in [-0.39, 0.29) is 17.5 Å². The summed E-state index contributed by atoms with van der Waals surface area (Å²) in [7, 11) is 0. The second-order valence-electron chi connectivity index (χ2n) is 4.51. The molecular weight excluding hydrogens is 206 g/mol. The van der Waals surface area contributed by atoms with Crippen molar-refractivity contribution in [3.63, 3.8) is 0 Å². The summed E-state index contributed by atoms with van der Waals surface area (Å²) in [5, 5.41) is 11.6. The lowest BCUT2D eigenvalue weighted by Crippen LogP contribution is -2.41. The third kappa shape index (κ3) is 2.84. The van der Waals surface area contributed by atoms with Crippen molar-refractivity contribution in [3.05, 3.63) is 11.1 Å². The molecule has 4 nitrogen and oxygen atoms in total. The first kappa shape index (κ1) is 12.7. The van der Waals surface area contributed by atoms with Gasteiger partial charge in [0, 0.05) is 17.2 Å². The van der Waals surface area contributed by atoms with Gasteiger partial charge in [-0.1, -0.05) is 6.42 Å². The largest absolute Gasteiger partial charge is 0.478 e. The SMILES string of the molecule is CC(C(=O)O)=C(C)C(=O)NC(C)C1CCC1. The van der Waals surface area contributed by atoms with Gasteiger partial charge in [0.1, 0.15) is 0 Å². The number of carboxylic acids is 1. The number of carbonyl (C=O) groups is 2. The normalized spacial score (nSPS) is 19.4. The Hall–Kier alpha value is -1.32. The van der Waals surface area contributed by atoms with Crippen molar-refractivity contribution in [1.82, 2.24) is 5.32 Å². The fourth-order valence-corrected chi connectivity index (χ4v) is 1.70. The Morgan fingerprint density at radius 3 is 2.19 bits per heavy atom. The number of nitrogens with one attached hydrogen (secondary N) is 1. The summed E-state index contributed by atoms with van der Waals surface area (Å²) >= 11 is 0. The quantitative estimate of drug-likeness (QED) is 0.716. The van der Waals surface area contributed by atoms with Gasteiger partial charge in [-0.25, -0.2) is 4.79 Å². The molecule has 0 saturated heterocycles. The minimum atomic E-state index is -1.04. The third-order valence-corrected chi connectivity index (χ3v) is 3.44. The van der Waals surface area contributed by atoms with Crippen molar-refractivity contribution >= 4 is 11.9 Å². The molecule has 0 bridgehead atoms. The van der Waals surface area contributed by atoms with Crippen molar-refractivity contribution in [2.45, 2.75) is 46.1 Å². The molecule has 0 aliphatic heterocycles. The zero-order chi connectivity index (χ0) is 12.3. The van der Waals surface area contributed by atoms with Crippen LogP contribution < -0.4 is 5.32 Å². The van der Waals surface area contributed by atoms with Gasteiger partial charge in [0.15, 0.2) is 0 Å². The van der Waals surface area contributed by atoms with Gasteiger partial charge in [0.05, 0.1) is 0 Å². The van der Waals surface area contributed by atoms with E-state index in [2.05, 4.69) is 5.32 Å². The number of carbonyl (C=O) groups excluding carboxylic acids is 1. The second kappa shape index (κ2) is 5.14. The Labute approximate surface area is 95.7 Å². The minimum absolute atomic E-state index is 0.110. The molecular formula is C12H19NO3. The lowest BCUT2D eigenvalue weighted by atomic mass is 9.80. The number of carboxylic acid groups (broad SMARTS) is 1. The average Bonchev–Trinajstić information content (AvgIpc) is 2.12. The molecule has 0 aromatic rings. The van der Waals surface area contributed by atoms with Crippen LogP contribution in [0.5, 0.6) is 0 Å². The van der Waals surface area contributed by atoms with Crippen LogP contribution in [0.25, 0.3) is 0 Å². The number of amides is 1. The fraction of sp³-hybridized carbons (Fsp3) is 0.667. The van der Waals surface area contributed by atoms with Crippen LogP contribution in [-0.2, 0) is 9.59 Å². The highest BCUT2D eigenvalue weighted by molar-refractivity contribution is 6.01. The summed E-state index contributed by atoms with van der Waals surface area (Å²) in [5.41, 5.74) is 0.400. The molecule has 4 heteroatoms. The predicted molar refractivity (Wildman–Crippen MR) is 61.0 cm³/mol. The van der Waals surface area contributed by atoms with E-state index < -0.39 is 5.97 Å². The van der Waals surface area contributed by atoms with Crippen LogP contribution in [0, 0.1) is 5.92 Å². The van der Waals surface area contributed by atoms with Crippen LogP contribution in [0.2, 0.25) is 0 Å². The van der Waals surface area contributed by atoms with E-state index in [4.69, 9.17) is 5.11 Å². The van der Waals surface area contributed by atoms with E-state index in [1.54, 1.807) is 6.92 Å². The topological polar surface area (TPSA) is 66.4 Å². The molecule has 1 rings (SSSR count). The van der Waals surface area contributed by atoms with E-state index in [9.17, 15) is 9.59 Å². The highest BCUT2D eigenvalue weighted by atomic mass is 16.4. The Morgan fingerprint density at radius 1 is 1.25 bits per heavy atom. The minimum Gasteiger partial charge on any atom is -0.478 e. The van der Waals surface area contributed by atoms with Crippen LogP contribution in [0.4, 0.5) is 0 Å². The first-order valence-corrected chi connectivity index (χ1v) is 5.65. The smallest absolute Gasteiger partial charge is 0.331 e. The standard InChI is InChI=1S/C12H19NO3/c1-7(8(2)12(15)16)11(14)13-9(3)10-5-4-6-10/h9-10H,4-6H2,1-3H3,(H,13,14)(H,15,16). The molecule has 1 aliphatic carbocycles. The van der Waals surface area contributed by atoms with Gasteiger partial charge >= 0.3 is 5.97 Å². The predicted octanol–water partition coefficient (Wildman–Crippen LogP) is 1.71. The maximum Gasteiger partial charge on any atom is 0.331 e. The Balaban J connectivity index is 2.57. The molecule has 0 heterocycles. The van der Waals surface area contributed by atoms with Crippen molar-refractivity contribution < 1.29 is 14.7 Å². The van der Waals surface area contributed by atoms with E-state index in [1.165, 1.54) is 13.3 Å². The van der Waals surface area contributed by atoms with E-state index >= 15 is 0 Å². The Bertz CT molecular complexity index is 329. The van der Waals surface area contributed by atoms with Gasteiger partial charge in [-0.15, -0.1) is 0 Å². The van der Waals surface area contributed by atoms with Crippen molar-refractivity contribution in [2.75, 3.05) is 0 Å². The van der Waals surface area contributed by atoms with E-state index in [1.807, 2.05) is 6.92 Å². The number of hydrogen-bond donors (Lipinski definition) is 2. The van der Waals surface area contributed by atoms with Crippen molar-refractivity contribution in [2.24, 2.45) is 5.92 Å².